The Morgan fingerprint density at radius 2 is 0.771 bits per heavy atom. The van der Waals surface area contributed by atoms with E-state index in [0.717, 1.165) is 32.1 Å². The van der Waals surface area contributed by atoms with E-state index < -0.39 is 73.9 Å². The highest BCUT2D eigenvalue weighted by molar-refractivity contribution is 5.81. The number of amides is 2. The molecule has 0 fully saturated rings. The molecule has 0 aliphatic heterocycles. The first-order chi connectivity index (χ1) is 16.5. The molecule has 0 aliphatic rings. The molecule has 0 unspecified atom stereocenters. The fraction of sp³-hybridized carbons (Fsp3) is 0.905. The van der Waals surface area contributed by atoms with E-state index in [2.05, 4.69) is 10.6 Å². The van der Waals surface area contributed by atoms with Gasteiger partial charge < -0.3 is 61.7 Å². The molecule has 8 atom stereocenters. The number of rotatable bonds is 20. The van der Waals surface area contributed by atoms with Crippen molar-refractivity contribution in [1.29, 1.82) is 0 Å². The van der Waals surface area contributed by atoms with Crippen LogP contribution in [0.25, 0.3) is 0 Å². The van der Waals surface area contributed by atoms with Crippen molar-refractivity contribution in [2.75, 3.05) is 26.3 Å². The summed E-state index contributed by atoms with van der Waals surface area (Å²) in [7, 11) is 0. The monoisotopic (exact) mass is 514 g/mol. The number of nitrogens with one attached hydrogen (secondary N) is 2. The van der Waals surface area contributed by atoms with Gasteiger partial charge in [0.15, 0.2) is 12.2 Å². The van der Waals surface area contributed by atoms with Crippen LogP contribution < -0.4 is 10.6 Å². The predicted molar refractivity (Wildman–Crippen MR) is 121 cm³/mol. The summed E-state index contributed by atoms with van der Waals surface area (Å²) in [6.45, 7) is -1.19. The Hall–Kier alpha value is -1.46. The molecule has 12 N–H and O–H groups in total. The quantitative estimate of drug-likeness (QED) is 0.0680. The van der Waals surface area contributed by atoms with Gasteiger partial charge in [-0.05, 0) is 12.8 Å². The van der Waals surface area contributed by atoms with E-state index in [9.17, 15) is 50.4 Å². The van der Waals surface area contributed by atoms with Crippen LogP contribution in [0.4, 0.5) is 0 Å². The van der Waals surface area contributed by atoms with Gasteiger partial charge in [0.25, 0.3) is 11.8 Å². The first kappa shape index (κ1) is 33.5. The lowest BCUT2D eigenvalue weighted by Crippen LogP contribution is -2.51. The molecule has 0 radical (unpaired) electrons. The lowest BCUT2D eigenvalue weighted by atomic mass is 10.0. The van der Waals surface area contributed by atoms with Gasteiger partial charge in [-0.25, -0.2) is 0 Å². The lowest BCUT2D eigenvalue weighted by molar-refractivity contribution is -0.149. The summed E-state index contributed by atoms with van der Waals surface area (Å²) in [5.74, 6) is -1.80. The summed E-state index contributed by atoms with van der Waals surface area (Å²) in [4.78, 5) is 23.5. The molecule has 0 aromatic rings. The van der Waals surface area contributed by atoms with Gasteiger partial charge in [0.2, 0.25) is 0 Å². The molecule has 0 rings (SSSR count). The Morgan fingerprint density at radius 1 is 0.486 bits per heavy atom. The van der Waals surface area contributed by atoms with Gasteiger partial charge in [0.1, 0.15) is 36.6 Å². The minimum atomic E-state index is -1.95. The second-order valence-corrected chi connectivity index (χ2v) is 8.41. The summed E-state index contributed by atoms with van der Waals surface area (Å²) in [6.07, 6.45) is -9.48. The molecule has 0 bridgehead atoms. The Labute approximate surface area is 203 Å². The van der Waals surface area contributed by atoms with Crippen molar-refractivity contribution in [3.63, 3.8) is 0 Å². The smallest absolute Gasteiger partial charge is 0.251 e. The van der Waals surface area contributed by atoms with E-state index >= 15 is 0 Å². The fourth-order valence-corrected chi connectivity index (χ4v) is 3.12. The van der Waals surface area contributed by atoms with E-state index in [1.54, 1.807) is 0 Å². The molecular formula is C21H42N2O12. The number of hydrogen-bond donors (Lipinski definition) is 12. The third-order valence-electron chi connectivity index (χ3n) is 5.50. The van der Waals surface area contributed by atoms with Crippen molar-refractivity contribution < 1.29 is 60.7 Å². The van der Waals surface area contributed by atoms with Gasteiger partial charge in [-0.2, -0.15) is 0 Å². The molecule has 208 valence electrons. The second kappa shape index (κ2) is 18.8. The van der Waals surface area contributed by atoms with Crippen LogP contribution in [-0.4, -0.2) is 138 Å². The van der Waals surface area contributed by atoms with Gasteiger partial charge >= 0.3 is 0 Å². The largest absolute Gasteiger partial charge is 0.394 e. The van der Waals surface area contributed by atoms with Gasteiger partial charge in [0, 0.05) is 13.1 Å². The molecule has 0 saturated heterocycles. The molecule has 14 nitrogen and oxygen atoms in total. The number of aliphatic hydroxyl groups is 10. The van der Waals surface area contributed by atoms with E-state index in [-0.39, 0.29) is 13.1 Å². The number of carbonyl (C=O) groups excluding carboxylic acids is 2. The molecule has 0 heterocycles. The molecule has 2 amide bonds. The predicted octanol–water partition coefficient (Wildman–Crippen LogP) is -5.18. The molecule has 14 heteroatoms. The normalized spacial score (nSPS) is 18.6. The SMILES string of the molecule is O=C(NCCCCCCCCCNC(=O)[C@H](O)[C@@H](O)[C@H](O)[C@H](O)CO)[C@H](O)[C@@H](O)[C@H](O)[C@H](O)CO. The topological polar surface area (TPSA) is 260 Å². The number of hydrogen-bond acceptors (Lipinski definition) is 12. The molecule has 0 aromatic carbocycles. The van der Waals surface area contributed by atoms with Crippen molar-refractivity contribution in [2.24, 2.45) is 0 Å². The standard InChI is InChI=1S/C21H42N2O12/c24-10-12(26)14(28)16(30)18(32)20(34)22-8-6-4-2-1-3-5-7-9-23-21(35)19(33)17(31)15(29)13(27)11-25/h12-19,24-33H,1-11H2,(H,22,34)(H,23,35)/t12-,13-,14-,15-,16+,17+,18-,19-/m1/s1. The van der Waals surface area contributed by atoms with Crippen molar-refractivity contribution in [3.05, 3.63) is 0 Å². The first-order valence-corrected chi connectivity index (χ1v) is 11.7. The first-order valence-electron chi connectivity index (χ1n) is 11.7. The van der Waals surface area contributed by atoms with E-state index in [0.29, 0.717) is 12.8 Å². The molecule has 0 aliphatic carbocycles. The van der Waals surface area contributed by atoms with Crippen LogP contribution in [0.15, 0.2) is 0 Å². The number of unbranched alkanes of at least 4 members (excludes halogenated alkanes) is 6. The Morgan fingerprint density at radius 3 is 1.06 bits per heavy atom. The van der Waals surface area contributed by atoms with Crippen molar-refractivity contribution in [2.45, 2.75) is 93.8 Å². The van der Waals surface area contributed by atoms with E-state index in [4.69, 9.17) is 10.2 Å². The highest BCUT2D eigenvalue weighted by Crippen LogP contribution is 2.09. The van der Waals surface area contributed by atoms with Crippen LogP contribution >= 0.6 is 0 Å². The Kier molecular flexibility index (Phi) is 18.0. The maximum Gasteiger partial charge on any atom is 0.251 e. The molecule has 35 heavy (non-hydrogen) atoms. The zero-order valence-corrected chi connectivity index (χ0v) is 19.7. The summed E-state index contributed by atoms with van der Waals surface area (Å²) >= 11 is 0. The molecule has 0 spiro atoms. The average molecular weight is 515 g/mol. The summed E-state index contributed by atoms with van der Waals surface area (Å²) in [5, 5.41) is 98.4. The van der Waals surface area contributed by atoms with Crippen molar-refractivity contribution in [1.82, 2.24) is 10.6 Å². The molecular weight excluding hydrogens is 472 g/mol. The van der Waals surface area contributed by atoms with Gasteiger partial charge in [-0.3, -0.25) is 9.59 Å². The van der Waals surface area contributed by atoms with Gasteiger partial charge in [0.05, 0.1) is 13.2 Å². The highest BCUT2D eigenvalue weighted by Gasteiger charge is 2.34. The zero-order valence-electron chi connectivity index (χ0n) is 19.7. The third-order valence-corrected chi connectivity index (χ3v) is 5.50. The van der Waals surface area contributed by atoms with Crippen LogP contribution in [-0.2, 0) is 9.59 Å². The minimum Gasteiger partial charge on any atom is -0.394 e. The Bertz CT molecular complexity index is 537. The Balaban J connectivity index is 3.82. The van der Waals surface area contributed by atoms with Crippen LogP contribution in [0.2, 0.25) is 0 Å². The highest BCUT2D eigenvalue weighted by atomic mass is 16.4. The van der Waals surface area contributed by atoms with E-state index in [1.165, 1.54) is 0 Å². The minimum absolute atomic E-state index is 0.242. The van der Waals surface area contributed by atoms with Crippen molar-refractivity contribution in [3.8, 4) is 0 Å². The second-order valence-electron chi connectivity index (χ2n) is 8.41. The lowest BCUT2D eigenvalue weighted by Gasteiger charge is -2.24. The van der Waals surface area contributed by atoms with Crippen LogP contribution in [0.1, 0.15) is 44.9 Å². The van der Waals surface area contributed by atoms with Gasteiger partial charge in [-0.1, -0.05) is 32.1 Å². The van der Waals surface area contributed by atoms with E-state index in [1.807, 2.05) is 0 Å². The third kappa shape index (κ3) is 12.9. The molecule has 0 saturated carbocycles. The van der Waals surface area contributed by atoms with Crippen LogP contribution in [0.3, 0.4) is 0 Å². The van der Waals surface area contributed by atoms with Gasteiger partial charge in [-0.15, -0.1) is 0 Å². The van der Waals surface area contributed by atoms with Crippen LogP contribution in [0, 0.1) is 0 Å². The summed E-state index contributed by atoms with van der Waals surface area (Å²) < 4.78 is 0. The average Bonchev–Trinajstić information content (AvgIpc) is 2.87. The number of carbonyl (C=O) groups is 2. The fourth-order valence-electron chi connectivity index (χ4n) is 3.12. The van der Waals surface area contributed by atoms with Crippen LogP contribution in [0.5, 0.6) is 0 Å². The zero-order chi connectivity index (χ0) is 27.0. The summed E-state index contributed by atoms with van der Waals surface area (Å²) in [6, 6.07) is 0. The number of aliphatic hydroxyl groups excluding tert-OH is 10. The molecule has 0 aromatic heterocycles. The summed E-state index contributed by atoms with van der Waals surface area (Å²) in [5.41, 5.74) is 0. The maximum atomic E-state index is 11.8. The van der Waals surface area contributed by atoms with Crippen molar-refractivity contribution >= 4 is 11.8 Å². The maximum absolute atomic E-state index is 11.8.